The largest absolute Gasteiger partial charge is 0.393 e. The lowest BCUT2D eigenvalue weighted by Crippen LogP contribution is -2.54. The standard InChI is InChI=1S/C22H34O2/c1-14(23)21(3)11-9-19-17-6-5-15-13-16(24)7-10-20(15,2)18(17)8-12-22(19,21)4/h13-14,17-19,23H,5-12H2,1-4H3/t14?,17-,18+,19+,20+,21-,22+/m1/s1. The van der Waals surface area contributed by atoms with Crippen LogP contribution in [-0.2, 0) is 4.79 Å². The number of rotatable bonds is 1. The number of ketones is 1. The van der Waals surface area contributed by atoms with Crippen LogP contribution in [0.5, 0.6) is 0 Å². The van der Waals surface area contributed by atoms with Gasteiger partial charge in [-0.1, -0.05) is 26.3 Å². The molecule has 24 heavy (non-hydrogen) atoms. The molecule has 0 saturated heterocycles. The first-order valence-corrected chi connectivity index (χ1v) is 10.1. The second kappa shape index (κ2) is 5.19. The number of carbonyl (C=O) groups is 1. The molecule has 0 spiro atoms. The van der Waals surface area contributed by atoms with E-state index in [0.717, 1.165) is 37.0 Å². The summed E-state index contributed by atoms with van der Waals surface area (Å²) in [5.74, 6) is 2.65. The fourth-order valence-electron chi connectivity index (χ4n) is 7.55. The van der Waals surface area contributed by atoms with E-state index < -0.39 is 0 Å². The van der Waals surface area contributed by atoms with Gasteiger partial charge in [-0.3, -0.25) is 4.79 Å². The van der Waals surface area contributed by atoms with Gasteiger partial charge in [0.2, 0.25) is 0 Å². The van der Waals surface area contributed by atoms with Gasteiger partial charge < -0.3 is 5.11 Å². The minimum absolute atomic E-state index is 0.0716. The summed E-state index contributed by atoms with van der Waals surface area (Å²) in [6.45, 7) is 9.28. The summed E-state index contributed by atoms with van der Waals surface area (Å²) in [7, 11) is 0. The summed E-state index contributed by atoms with van der Waals surface area (Å²) in [6, 6.07) is 0. The fraction of sp³-hybridized carbons (Fsp3) is 0.864. The third-order valence-corrected chi connectivity index (χ3v) is 9.55. The summed E-state index contributed by atoms with van der Waals surface area (Å²) >= 11 is 0. The highest BCUT2D eigenvalue weighted by Crippen LogP contribution is 2.70. The summed E-state index contributed by atoms with van der Waals surface area (Å²) in [5.41, 5.74) is 2.08. The summed E-state index contributed by atoms with van der Waals surface area (Å²) in [5, 5.41) is 10.5. The number of allylic oxidation sites excluding steroid dienone is 1. The lowest BCUT2D eigenvalue weighted by molar-refractivity contribution is -0.121. The minimum atomic E-state index is -0.217. The molecular formula is C22H34O2. The van der Waals surface area contributed by atoms with Crippen molar-refractivity contribution < 1.29 is 9.90 Å². The molecule has 4 rings (SSSR count). The molecule has 0 amide bonds. The Labute approximate surface area is 147 Å². The second-order valence-corrected chi connectivity index (χ2v) is 10.1. The first-order chi connectivity index (χ1) is 11.2. The Morgan fingerprint density at radius 2 is 1.75 bits per heavy atom. The Kier molecular flexibility index (Phi) is 3.64. The molecule has 0 aromatic rings. The van der Waals surface area contributed by atoms with Gasteiger partial charge in [0.1, 0.15) is 0 Å². The van der Waals surface area contributed by atoms with E-state index in [0.29, 0.717) is 5.78 Å². The molecule has 2 nitrogen and oxygen atoms in total. The minimum Gasteiger partial charge on any atom is -0.393 e. The van der Waals surface area contributed by atoms with Crippen LogP contribution in [-0.4, -0.2) is 17.0 Å². The monoisotopic (exact) mass is 330 g/mol. The van der Waals surface area contributed by atoms with Gasteiger partial charge in [-0.05, 0) is 91.9 Å². The highest BCUT2D eigenvalue weighted by Gasteiger charge is 2.63. The van der Waals surface area contributed by atoms with E-state index in [2.05, 4.69) is 20.8 Å². The Bertz CT molecular complexity index is 591. The second-order valence-electron chi connectivity index (χ2n) is 10.1. The molecule has 0 aromatic heterocycles. The highest BCUT2D eigenvalue weighted by molar-refractivity contribution is 5.91. The van der Waals surface area contributed by atoms with E-state index >= 15 is 0 Å². The molecule has 7 atom stereocenters. The molecule has 4 aliphatic rings. The van der Waals surface area contributed by atoms with Gasteiger partial charge in [-0.25, -0.2) is 0 Å². The Hall–Kier alpha value is -0.630. The lowest BCUT2D eigenvalue weighted by Gasteiger charge is -2.60. The maximum Gasteiger partial charge on any atom is 0.155 e. The van der Waals surface area contributed by atoms with Crippen LogP contribution in [0.2, 0.25) is 0 Å². The van der Waals surface area contributed by atoms with E-state index in [1.807, 2.05) is 13.0 Å². The summed E-state index contributed by atoms with van der Waals surface area (Å²) < 4.78 is 0. The van der Waals surface area contributed by atoms with Crippen LogP contribution in [0.15, 0.2) is 11.6 Å². The summed E-state index contributed by atoms with van der Waals surface area (Å²) in [4.78, 5) is 11.9. The SMILES string of the molecule is CC(O)[C@@]1(C)CC[C@H]2[C@@H]3CCC4=CC(=O)CC[C@]4(C)[C@H]3CC[C@@]21C. The molecule has 3 saturated carbocycles. The van der Waals surface area contributed by atoms with Gasteiger partial charge >= 0.3 is 0 Å². The number of hydrogen-bond acceptors (Lipinski definition) is 2. The molecule has 0 heterocycles. The van der Waals surface area contributed by atoms with Crippen molar-refractivity contribution in [3.63, 3.8) is 0 Å². The molecule has 0 aromatic carbocycles. The predicted molar refractivity (Wildman–Crippen MR) is 96.5 cm³/mol. The van der Waals surface area contributed by atoms with Crippen molar-refractivity contribution in [1.29, 1.82) is 0 Å². The average Bonchev–Trinajstić information content (AvgIpc) is 2.81. The average molecular weight is 331 g/mol. The van der Waals surface area contributed by atoms with E-state index in [4.69, 9.17) is 0 Å². The zero-order valence-corrected chi connectivity index (χ0v) is 15.9. The van der Waals surface area contributed by atoms with E-state index in [9.17, 15) is 9.90 Å². The van der Waals surface area contributed by atoms with Crippen molar-refractivity contribution in [1.82, 2.24) is 0 Å². The zero-order valence-electron chi connectivity index (χ0n) is 15.9. The molecule has 1 N–H and O–H groups in total. The van der Waals surface area contributed by atoms with E-state index in [1.54, 1.807) is 0 Å². The van der Waals surface area contributed by atoms with Crippen molar-refractivity contribution >= 4 is 5.78 Å². The first kappa shape index (κ1) is 16.8. The third-order valence-electron chi connectivity index (χ3n) is 9.55. The quantitative estimate of drug-likeness (QED) is 0.742. The Balaban J connectivity index is 1.69. The van der Waals surface area contributed by atoms with Crippen molar-refractivity contribution in [2.45, 2.75) is 85.2 Å². The van der Waals surface area contributed by atoms with Gasteiger partial charge in [0, 0.05) is 6.42 Å². The van der Waals surface area contributed by atoms with Crippen LogP contribution in [0.1, 0.15) is 79.1 Å². The maximum absolute atomic E-state index is 11.9. The van der Waals surface area contributed by atoms with Crippen molar-refractivity contribution in [3.8, 4) is 0 Å². The van der Waals surface area contributed by atoms with Crippen LogP contribution in [0.3, 0.4) is 0 Å². The highest BCUT2D eigenvalue weighted by atomic mass is 16.3. The topological polar surface area (TPSA) is 37.3 Å². The third kappa shape index (κ3) is 1.95. The van der Waals surface area contributed by atoms with Crippen LogP contribution in [0.4, 0.5) is 0 Å². The molecule has 0 bridgehead atoms. The van der Waals surface area contributed by atoms with E-state index in [1.165, 1.54) is 37.7 Å². The van der Waals surface area contributed by atoms with Crippen molar-refractivity contribution in [2.75, 3.05) is 0 Å². The number of fused-ring (bicyclic) bond motifs is 5. The molecule has 134 valence electrons. The molecule has 4 aliphatic carbocycles. The van der Waals surface area contributed by atoms with Gasteiger partial charge in [0.25, 0.3) is 0 Å². The fourth-order valence-corrected chi connectivity index (χ4v) is 7.55. The Morgan fingerprint density at radius 3 is 2.46 bits per heavy atom. The molecule has 1 unspecified atom stereocenters. The number of aliphatic hydroxyl groups is 1. The Morgan fingerprint density at radius 1 is 1.04 bits per heavy atom. The molecule has 0 radical (unpaired) electrons. The van der Waals surface area contributed by atoms with Crippen LogP contribution >= 0.6 is 0 Å². The first-order valence-electron chi connectivity index (χ1n) is 10.1. The summed E-state index contributed by atoms with van der Waals surface area (Å²) in [6.07, 6.45) is 11.0. The van der Waals surface area contributed by atoms with Crippen LogP contribution in [0, 0.1) is 34.0 Å². The predicted octanol–water partition coefficient (Wildman–Crippen LogP) is 4.91. The number of carbonyl (C=O) groups excluding carboxylic acids is 1. The molecule has 3 fully saturated rings. The normalized spacial score (nSPS) is 52.1. The van der Waals surface area contributed by atoms with Gasteiger partial charge in [-0.2, -0.15) is 0 Å². The van der Waals surface area contributed by atoms with Gasteiger partial charge in [-0.15, -0.1) is 0 Å². The molecule has 0 aliphatic heterocycles. The lowest BCUT2D eigenvalue weighted by atomic mass is 9.45. The zero-order chi connectivity index (χ0) is 17.3. The van der Waals surface area contributed by atoms with Crippen LogP contribution in [0.25, 0.3) is 0 Å². The van der Waals surface area contributed by atoms with Crippen LogP contribution < -0.4 is 0 Å². The van der Waals surface area contributed by atoms with Crippen molar-refractivity contribution in [3.05, 3.63) is 11.6 Å². The van der Waals surface area contributed by atoms with Gasteiger partial charge in [0.15, 0.2) is 5.78 Å². The van der Waals surface area contributed by atoms with E-state index in [-0.39, 0.29) is 22.3 Å². The van der Waals surface area contributed by atoms with Crippen molar-refractivity contribution in [2.24, 2.45) is 34.0 Å². The maximum atomic E-state index is 11.9. The smallest absolute Gasteiger partial charge is 0.155 e. The number of hydrogen-bond donors (Lipinski definition) is 1. The molecular weight excluding hydrogens is 296 g/mol. The molecule has 2 heteroatoms. The number of aliphatic hydroxyl groups excluding tert-OH is 1. The van der Waals surface area contributed by atoms with Gasteiger partial charge in [0.05, 0.1) is 6.10 Å².